The van der Waals surface area contributed by atoms with E-state index in [0.29, 0.717) is 13.2 Å². The lowest BCUT2D eigenvalue weighted by molar-refractivity contribution is -0.0127. The van der Waals surface area contributed by atoms with Gasteiger partial charge in [0.2, 0.25) is 0 Å². The molecule has 0 aliphatic carbocycles. The molecule has 2 heterocycles. The summed E-state index contributed by atoms with van der Waals surface area (Å²) in [6, 6.07) is 4.36. The van der Waals surface area contributed by atoms with E-state index in [1.807, 2.05) is 25.2 Å². The number of thiophene rings is 1. The van der Waals surface area contributed by atoms with Crippen molar-refractivity contribution in [3.8, 4) is 0 Å². The molecule has 0 bridgehead atoms. The Balaban J connectivity index is 1.84. The number of hydrogen-bond acceptors (Lipinski definition) is 6. The van der Waals surface area contributed by atoms with E-state index in [1.54, 1.807) is 0 Å². The zero-order valence-corrected chi connectivity index (χ0v) is 16.1. The number of morpholine rings is 1. The molecule has 24 heavy (non-hydrogen) atoms. The number of aliphatic hydroxyl groups is 1. The number of ether oxygens (including phenoxy) is 2. The van der Waals surface area contributed by atoms with Crippen LogP contribution in [0.15, 0.2) is 12.1 Å². The second-order valence-corrected chi connectivity index (χ2v) is 8.11. The molecule has 1 fully saturated rings. The Labute approximate surface area is 150 Å². The lowest BCUT2D eigenvalue weighted by Gasteiger charge is -2.31. The van der Waals surface area contributed by atoms with Gasteiger partial charge in [-0.1, -0.05) is 0 Å². The summed E-state index contributed by atoms with van der Waals surface area (Å²) < 4.78 is 11.0. The largest absolute Gasteiger partial charge is 0.389 e. The Hall–Kier alpha value is -0.500. The topological polar surface area (TPSA) is 45.2 Å². The average molecular weight is 357 g/mol. The van der Waals surface area contributed by atoms with Crippen LogP contribution in [0.4, 0.5) is 0 Å². The molecule has 0 saturated carbocycles. The van der Waals surface area contributed by atoms with Crippen molar-refractivity contribution in [3.63, 3.8) is 0 Å². The van der Waals surface area contributed by atoms with Gasteiger partial charge in [0.05, 0.1) is 32.0 Å². The first-order chi connectivity index (χ1) is 11.5. The molecule has 1 N–H and O–H groups in total. The molecule has 0 spiro atoms. The summed E-state index contributed by atoms with van der Waals surface area (Å²) in [6.07, 6.45) is -0.292. The van der Waals surface area contributed by atoms with E-state index >= 15 is 0 Å². The molecule has 1 saturated heterocycles. The van der Waals surface area contributed by atoms with Crippen LogP contribution in [0.1, 0.15) is 23.6 Å². The number of nitrogens with zero attached hydrogens (tertiary/aromatic N) is 2. The second kappa shape index (κ2) is 10.5. The van der Waals surface area contributed by atoms with Gasteiger partial charge < -0.3 is 14.6 Å². The Morgan fingerprint density at radius 1 is 1.33 bits per heavy atom. The minimum Gasteiger partial charge on any atom is -0.389 e. The van der Waals surface area contributed by atoms with E-state index in [0.717, 1.165) is 45.9 Å². The van der Waals surface area contributed by atoms with E-state index in [2.05, 4.69) is 28.9 Å². The van der Waals surface area contributed by atoms with Gasteiger partial charge in [0.1, 0.15) is 0 Å². The van der Waals surface area contributed by atoms with E-state index in [-0.39, 0.29) is 6.10 Å². The summed E-state index contributed by atoms with van der Waals surface area (Å²) in [5.74, 6) is 0. The Morgan fingerprint density at radius 2 is 2.08 bits per heavy atom. The van der Waals surface area contributed by atoms with E-state index in [9.17, 15) is 5.11 Å². The van der Waals surface area contributed by atoms with E-state index < -0.39 is 6.10 Å². The molecule has 5 nitrogen and oxygen atoms in total. The SMILES string of the molecule is Cc1ccc(CN(CCN2CCOCC2)CC(O)COC(C)C)s1. The molecule has 1 atom stereocenters. The van der Waals surface area contributed by atoms with Gasteiger partial charge in [-0.3, -0.25) is 9.80 Å². The van der Waals surface area contributed by atoms with Crippen LogP contribution in [0.3, 0.4) is 0 Å². The van der Waals surface area contributed by atoms with Crippen molar-refractivity contribution in [2.75, 3.05) is 52.5 Å². The molecule has 0 amide bonds. The molecular weight excluding hydrogens is 324 g/mol. The summed E-state index contributed by atoms with van der Waals surface area (Å²) in [4.78, 5) is 7.47. The highest BCUT2D eigenvalue weighted by atomic mass is 32.1. The highest BCUT2D eigenvalue weighted by Gasteiger charge is 2.16. The van der Waals surface area contributed by atoms with Crippen molar-refractivity contribution in [3.05, 3.63) is 21.9 Å². The highest BCUT2D eigenvalue weighted by Crippen LogP contribution is 2.17. The third-order valence-electron chi connectivity index (χ3n) is 4.10. The maximum Gasteiger partial charge on any atom is 0.0900 e. The summed E-state index contributed by atoms with van der Waals surface area (Å²) in [6.45, 7) is 13.7. The summed E-state index contributed by atoms with van der Waals surface area (Å²) >= 11 is 1.83. The predicted octanol–water partition coefficient (Wildman–Crippen LogP) is 1.98. The van der Waals surface area contributed by atoms with Crippen LogP contribution in [0.2, 0.25) is 0 Å². The van der Waals surface area contributed by atoms with Crippen LogP contribution in [0.25, 0.3) is 0 Å². The Morgan fingerprint density at radius 3 is 2.71 bits per heavy atom. The van der Waals surface area contributed by atoms with Crippen molar-refractivity contribution in [1.29, 1.82) is 0 Å². The smallest absolute Gasteiger partial charge is 0.0900 e. The minimum absolute atomic E-state index is 0.154. The molecule has 1 aliphatic rings. The first-order valence-electron chi connectivity index (χ1n) is 8.90. The van der Waals surface area contributed by atoms with Crippen LogP contribution in [0.5, 0.6) is 0 Å². The van der Waals surface area contributed by atoms with E-state index in [4.69, 9.17) is 9.47 Å². The fourth-order valence-corrected chi connectivity index (χ4v) is 3.72. The van der Waals surface area contributed by atoms with Gasteiger partial charge in [-0.05, 0) is 32.9 Å². The fraction of sp³-hybridized carbons (Fsp3) is 0.778. The van der Waals surface area contributed by atoms with Gasteiger partial charge in [-0.25, -0.2) is 0 Å². The lowest BCUT2D eigenvalue weighted by atomic mass is 10.3. The lowest BCUT2D eigenvalue weighted by Crippen LogP contribution is -2.43. The van der Waals surface area contributed by atoms with Crippen molar-refractivity contribution in [2.24, 2.45) is 0 Å². The quantitative estimate of drug-likeness (QED) is 0.694. The monoisotopic (exact) mass is 356 g/mol. The summed E-state index contributed by atoms with van der Waals surface area (Å²) in [5, 5.41) is 10.3. The van der Waals surface area contributed by atoms with Crippen molar-refractivity contribution in [2.45, 2.75) is 39.5 Å². The molecule has 0 aromatic carbocycles. The molecule has 1 aromatic heterocycles. The standard InChI is InChI=1S/C18H32N2O3S/c1-15(2)23-14-17(21)12-20(13-18-5-4-16(3)24-18)7-6-19-8-10-22-11-9-19/h4-5,15,17,21H,6-14H2,1-3H3. The maximum atomic E-state index is 10.3. The molecule has 138 valence electrons. The van der Waals surface area contributed by atoms with Crippen molar-refractivity contribution < 1.29 is 14.6 Å². The number of rotatable bonds is 10. The van der Waals surface area contributed by atoms with Crippen LogP contribution in [-0.2, 0) is 16.0 Å². The Bertz CT molecular complexity index is 461. The highest BCUT2D eigenvalue weighted by molar-refractivity contribution is 7.11. The maximum absolute atomic E-state index is 10.3. The first-order valence-corrected chi connectivity index (χ1v) is 9.72. The van der Waals surface area contributed by atoms with Gasteiger partial charge in [0.15, 0.2) is 0 Å². The molecular formula is C18H32N2O3S. The third kappa shape index (κ3) is 7.59. The number of aryl methyl sites for hydroxylation is 1. The van der Waals surface area contributed by atoms with Gasteiger partial charge >= 0.3 is 0 Å². The van der Waals surface area contributed by atoms with Gasteiger partial charge in [-0.15, -0.1) is 11.3 Å². The van der Waals surface area contributed by atoms with Crippen LogP contribution < -0.4 is 0 Å². The first kappa shape index (κ1) is 19.8. The van der Waals surface area contributed by atoms with Crippen molar-refractivity contribution in [1.82, 2.24) is 9.80 Å². The molecule has 1 unspecified atom stereocenters. The van der Waals surface area contributed by atoms with Crippen molar-refractivity contribution >= 4 is 11.3 Å². The predicted molar refractivity (Wildman–Crippen MR) is 98.7 cm³/mol. The zero-order chi connectivity index (χ0) is 17.4. The van der Waals surface area contributed by atoms with Crippen LogP contribution in [0, 0.1) is 6.92 Å². The second-order valence-electron chi connectivity index (χ2n) is 6.74. The van der Waals surface area contributed by atoms with Crippen LogP contribution in [-0.4, -0.2) is 79.7 Å². The Kier molecular flexibility index (Phi) is 8.66. The van der Waals surface area contributed by atoms with E-state index in [1.165, 1.54) is 9.75 Å². The minimum atomic E-state index is -0.446. The average Bonchev–Trinajstić information content (AvgIpc) is 2.96. The third-order valence-corrected chi connectivity index (χ3v) is 5.09. The van der Waals surface area contributed by atoms with Crippen LogP contribution >= 0.6 is 11.3 Å². The van der Waals surface area contributed by atoms with Gasteiger partial charge in [0.25, 0.3) is 0 Å². The van der Waals surface area contributed by atoms with Gasteiger partial charge in [0, 0.05) is 49.0 Å². The normalized spacial score (nSPS) is 17.8. The molecule has 0 radical (unpaired) electrons. The number of hydrogen-bond donors (Lipinski definition) is 1. The zero-order valence-electron chi connectivity index (χ0n) is 15.2. The number of aliphatic hydroxyl groups excluding tert-OH is 1. The fourth-order valence-electron chi connectivity index (χ4n) is 2.79. The summed E-state index contributed by atoms with van der Waals surface area (Å²) in [5.41, 5.74) is 0. The molecule has 1 aliphatic heterocycles. The summed E-state index contributed by atoms with van der Waals surface area (Å²) in [7, 11) is 0. The molecule has 1 aromatic rings. The van der Waals surface area contributed by atoms with Gasteiger partial charge in [-0.2, -0.15) is 0 Å². The molecule has 6 heteroatoms. The molecule has 2 rings (SSSR count).